The van der Waals surface area contributed by atoms with Crippen LogP contribution < -0.4 is 5.73 Å². The second-order valence-electron chi connectivity index (χ2n) is 4.50. The number of nitrogens with two attached hydrogens (primary N) is 1. The summed E-state index contributed by atoms with van der Waals surface area (Å²) >= 11 is 0. The first-order valence-electron chi connectivity index (χ1n) is 6.37. The van der Waals surface area contributed by atoms with Crippen LogP contribution in [-0.4, -0.2) is 42.7 Å². The van der Waals surface area contributed by atoms with Gasteiger partial charge in [-0.05, 0) is 24.3 Å². The Kier molecular flexibility index (Phi) is 7.60. The molecule has 0 radical (unpaired) electrons. The molecule has 4 heteroatoms. The molecule has 0 saturated carbocycles. The van der Waals surface area contributed by atoms with E-state index in [4.69, 9.17) is 15.6 Å². The van der Waals surface area contributed by atoms with Crippen LogP contribution in [-0.2, 0) is 11.2 Å². The number of aliphatic hydroxyl groups is 2. The summed E-state index contributed by atoms with van der Waals surface area (Å²) < 4.78 is 5.43. The van der Waals surface area contributed by atoms with Gasteiger partial charge in [0.05, 0.1) is 12.7 Å². The molecule has 2 unspecified atom stereocenters. The van der Waals surface area contributed by atoms with Gasteiger partial charge in [0, 0.05) is 19.8 Å². The Bertz CT molecular complexity index is 305. The van der Waals surface area contributed by atoms with Crippen molar-refractivity contribution in [3.8, 4) is 0 Å². The number of aliphatic hydroxyl groups excluding tert-OH is 2. The minimum atomic E-state index is -0.600. The van der Waals surface area contributed by atoms with Crippen LogP contribution in [0.25, 0.3) is 0 Å². The summed E-state index contributed by atoms with van der Waals surface area (Å²) in [7, 11) is 0. The van der Waals surface area contributed by atoms with Crippen molar-refractivity contribution < 1.29 is 14.9 Å². The van der Waals surface area contributed by atoms with Crippen molar-refractivity contribution >= 4 is 0 Å². The Labute approximate surface area is 108 Å². The molecule has 1 aromatic carbocycles. The van der Waals surface area contributed by atoms with Gasteiger partial charge in [-0.15, -0.1) is 0 Å². The molecule has 2 atom stereocenters. The van der Waals surface area contributed by atoms with Crippen LogP contribution in [0, 0.1) is 5.92 Å². The molecule has 0 saturated heterocycles. The van der Waals surface area contributed by atoms with E-state index in [2.05, 4.69) is 12.1 Å². The maximum absolute atomic E-state index is 9.29. The third kappa shape index (κ3) is 6.12. The molecule has 18 heavy (non-hydrogen) atoms. The first-order chi connectivity index (χ1) is 8.76. The predicted octanol–water partition coefficient (Wildman–Crippen LogP) is 0.564. The summed E-state index contributed by atoms with van der Waals surface area (Å²) in [5.74, 6) is 0.266. The van der Waals surface area contributed by atoms with Crippen LogP contribution >= 0.6 is 0 Å². The molecule has 0 aliphatic rings. The summed E-state index contributed by atoms with van der Waals surface area (Å²) in [5.41, 5.74) is 6.54. The molecule has 102 valence electrons. The lowest BCUT2D eigenvalue weighted by molar-refractivity contribution is 0.0212. The number of benzene rings is 1. The molecule has 0 amide bonds. The van der Waals surface area contributed by atoms with Crippen molar-refractivity contribution in [1.82, 2.24) is 0 Å². The maximum Gasteiger partial charge on any atom is 0.0895 e. The average molecular weight is 253 g/mol. The second kappa shape index (κ2) is 9.05. The summed E-state index contributed by atoms with van der Waals surface area (Å²) in [5, 5.41) is 18.3. The van der Waals surface area contributed by atoms with Crippen molar-refractivity contribution in [2.75, 3.05) is 26.4 Å². The van der Waals surface area contributed by atoms with E-state index in [1.54, 1.807) is 0 Å². The van der Waals surface area contributed by atoms with Crippen molar-refractivity contribution in [1.29, 1.82) is 0 Å². The molecule has 0 aromatic heterocycles. The van der Waals surface area contributed by atoms with E-state index in [1.807, 2.05) is 18.2 Å². The van der Waals surface area contributed by atoms with E-state index in [9.17, 15) is 5.11 Å². The van der Waals surface area contributed by atoms with Crippen LogP contribution in [0.1, 0.15) is 12.0 Å². The zero-order valence-corrected chi connectivity index (χ0v) is 10.7. The fourth-order valence-corrected chi connectivity index (χ4v) is 1.81. The smallest absolute Gasteiger partial charge is 0.0895 e. The fraction of sp³-hybridized carbons (Fsp3) is 0.571. The molecule has 0 fully saturated rings. The lowest BCUT2D eigenvalue weighted by Crippen LogP contribution is -2.27. The Morgan fingerprint density at radius 3 is 2.50 bits per heavy atom. The quantitative estimate of drug-likeness (QED) is 0.601. The number of hydrogen-bond acceptors (Lipinski definition) is 4. The minimum Gasteiger partial charge on any atom is -0.396 e. The molecule has 4 nitrogen and oxygen atoms in total. The van der Waals surface area contributed by atoms with E-state index in [0.29, 0.717) is 13.0 Å². The Morgan fingerprint density at radius 1 is 1.17 bits per heavy atom. The zero-order valence-electron chi connectivity index (χ0n) is 10.7. The third-order valence-corrected chi connectivity index (χ3v) is 2.84. The molecule has 0 spiro atoms. The zero-order chi connectivity index (χ0) is 13.2. The predicted molar refractivity (Wildman–Crippen MR) is 71.2 cm³/mol. The molecule has 0 heterocycles. The molecule has 1 rings (SSSR count). The Morgan fingerprint density at radius 2 is 1.89 bits per heavy atom. The molecule has 4 N–H and O–H groups in total. The van der Waals surface area contributed by atoms with Gasteiger partial charge >= 0.3 is 0 Å². The SMILES string of the molecule is NCC(O)COCC(CCO)Cc1ccccc1. The van der Waals surface area contributed by atoms with E-state index in [-0.39, 0.29) is 25.7 Å². The normalized spacial score (nSPS) is 14.4. The van der Waals surface area contributed by atoms with Gasteiger partial charge in [0.1, 0.15) is 0 Å². The van der Waals surface area contributed by atoms with Crippen molar-refractivity contribution in [3.63, 3.8) is 0 Å². The van der Waals surface area contributed by atoms with Gasteiger partial charge < -0.3 is 20.7 Å². The highest BCUT2D eigenvalue weighted by atomic mass is 16.5. The van der Waals surface area contributed by atoms with Gasteiger partial charge in [-0.1, -0.05) is 30.3 Å². The topological polar surface area (TPSA) is 75.7 Å². The van der Waals surface area contributed by atoms with Gasteiger partial charge in [-0.2, -0.15) is 0 Å². The van der Waals surface area contributed by atoms with Crippen LogP contribution in [0.3, 0.4) is 0 Å². The Hall–Kier alpha value is -0.940. The highest BCUT2D eigenvalue weighted by Crippen LogP contribution is 2.12. The third-order valence-electron chi connectivity index (χ3n) is 2.84. The van der Waals surface area contributed by atoms with Crippen molar-refractivity contribution in [2.45, 2.75) is 18.9 Å². The van der Waals surface area contributed by atoms with Crippen LogP contribution in [0.15, 0.2) is 30.3 Å². The molecule has 1 aromatic rings. The fourth-order valence-electron chi connectivity index (χ4n) is 1.81. The lowest BCUT2D eigenvalue weighted by atomic mass is 9.97. The summed E-state index contributed by atoms with van der Waals surface area (Å²) in [6, 6.07) is 10.1. The van der Waals surface area contributed by atoms with E-state index >= 15 is 0 Å². The van der Waals surface area contributed by atoms with E-state index in [1.165, 1.54) is 5.56 Å². The monoisotopic (exact) mass is 253 g/mol. The minimum absolute atomic E-state index is 0.153. The Balaban J connectivity index is 2.35. The van der Waals surface area contributed by atoms with E-state index < -0.39 is 6.10 Å². The van der Waals surface area contributed by atoms with Gasteiger partial charge in [0.2, 0.25) is 0 Å². The first kappa shape index (κ1) is 15.1. The van der Waals surface area contributed by atoms with E-state index in [0.717, 1.165) is 6.42 Å². The number of ether oxygens (including phenoxy) is 1. The summed E-state index contributed by atoms with van der Waals surface area (Å²) in [6.07, 6.45) is 0.977. The van der Waals surface area contributed by atoms with Crippen LogP contribution in [0.2, 0.25) is 0 Å². The number of rotatable bonds is 9. The standard InChI is InChI=1S/C14H23NO3/c15-9-14(17)11-18-10-13(6-7-16)8-12-4-2-1-3-5-12/h1-5,13-14,16-17H,6-11,15H2. The molecule has 0 bridgehead atoms. The van der Waals surface area contributed by atoms with Crippen molar-refractivity contribution in [3.05, 3.63) is 35.9 Å². The number of hydrogen-bond donors (Lipinski definition) is 3. The first-order valence-corrected chi connectivity index (χ1v) is 6.37. The van der Waals surface area contributed by atoms with Crippen LogP contribution in [0.5, 0.6) is 0 Å². The molecule has 0 aliphatic carbocycles. The van der Waals surface area contributed by atoms with Gasteiger partial charge in [0.25, 0.3) is 0 Å². The molecule has 0 aliphatic heterocycles. The van der Waals surface area contributed by atoms with Crippen molar-refractivity contribution in [2.24, 2.45) is 11.7 Å². The highest BCUT2D eigenvalue weighted by Gasteiger charge is 2.11. The average Bonchev–Trinajstić information content (AvgIpc) is 2.40. The molecular weight excluding hydrogens is 230 g/mol. The van der Waals surface area contributed by atoms with Gasteiger partial charge in [0.15, 0.2) is 0 Å². The summed E-state index contributed by atoms with van der Waals surface area (Å²) in [6.45, 7) is 1.16. The highest BCUT2D eigenvalue weighted by molar-refractivity contribution is 5.15. The summed E-state index contributed by atoms with van der Waals surface area (Å²) in [4.78, 5) is 0. The van der Waals surface area contributed by atoms with Crippen LogP contribution in [0.4, 0.5) is 0 Å². The van der Waals surface area contributed by atoms with Gasteiger partial charge in [-0.25, -0.2) is 0 Å². The lowest BCUT2D eigenvalue weighted by Gasteiger charge is -2.17. The van der Waals surface area contributed by atoms with Gasteiger partial charge in [-0.3, -0.25) is 0 Å². The molecular formula is C14H23NO3. The maximum atomic E-state index is 9.29. The second-order valence-corrected chi connectivity index (χ2v) is 4.50. The largest absolute Gasteiger partial charge is 0.396 e.